The van der Waals surface area contributed by atoms with Crippen LogP contribution in [0, 0.1) is 5.92 Å². The second kappa shape index (κ2) is 9.25. The average Bonchev–Trinajstić information content (AvgIpc) is 3.28. The molecule has 1 aliphatic heterocycles. The number of fused-ring (bicyclic) bond motifs is 1. The highest BCUT2D eigenvalue weighted by Crippen LogP contribution is 2.29. The predicted octanol–water partition coefficient (Wildman–Crippen LogP) is 3.51. The van der Waals surface area contributed by atoms with Gasteiger partial charge in [0, 0.05) is 32.0 Å². The van der Waals surface area contributed by atoms with Gasteiger partial charge < -0.3 is 24.8 Å². The number of nitrogens with zero attached hydrogens (tertiary/aromatic N) is 4. The number of H-pyrrole nitrogens is 1. The van der Waals surface area contributed by atoms with Crippen LogP contribution in [0.4, 0.5) is 16.3 Å². The Hall–Kier alpha value is -3.62. The van der Waals surface area contributed by atoms with Crippen molar-refractivity contribution < 1.29 is 14.3 Å². The fourth-order valence-electron chi connectivity index (χ4n) is 4.14. The van der Waals surface area contributed by atoms with E-state index in [-0.39, 0.29) is 18.0 Å². The lowest BCUT2D eigenvalue weighted by Gasteiger charge is -2.42. The molecule has 1 aliphatic rings. The summed E-state index contributed by atoms with van der Waals surface area (Å²) in [5.41, 5.74) is 1.89. The molecule has 0 spiro atoms. The third-order valence-corrected chi connectivity index (χ3v) is 6.02. The van der Waals surface area contributed by atoms with E-state index < -0.39 is 0 Å². The zero-order valence-corrected chi connectivity index (χ0v) is 18.5. The molecule has 9 heteroatoms. The lowest BCUT2D eigenvalue weighted by atomic mass is 9.92. The normalized spacial score (nSPS) is 18.4. The number of likely N-dealkylation sites (N-methyl/N-ethyl adjacent to an activating group) is 1. The van der Waals surface area contributed by atoms with E-state index >= 15 is 0 Å². The highest BCUT2D eigenvalue weighted by atomic mass is 16.5. The molecule has 1 saturated heterocycles. The van der Waals surface area contributed by atoms with Crippen LogP contribution in [-0.2, 0) is 4.74 Å². The van der Waals surface area contributed by atoms with Crippen LogP contribution in [0.15, 0.2) is 42.9 Å². The van der Waals surface area contributed by atoms with Crippen LogP contribution in [0.5, 0.6) is 0 Å². The van der Waals surface area contributed by atoms with Gasteiger partial charge in [-0.25, -0.2) is 19.6 Å². The minimum atomic E-state index is -0.373. The van der Waals surface area contributed by atoms with E-state index in [0.717, 1.165) is 23.3 Å². The number of piperidine rings is 1. The van der Waals surface area contributed by atoms with Crippen LogP contribution < -0.4 is 10.2 Å². The van der Waals surface area contributed by atoms with E-state index in [1.54, 1.807) is 37.5 Å². The van der Waals surface area contributed by atoms with Gasteiger partial charge in [0.15, 0.2) is 0 Å². The van der Waals surface area contributed by atoms with Crippen LogP contribution in [0.1, 0.15) is 30.6 Å². The van der Waals surface area contributed by atoms with E-state index in [0.29, 0.717) is 36.9 Å². The molecule has 0 aliphatic carbocycles. The van der Waals surface area contributed by atoms with Gasteiger partial charge in [-0.3, -0.25) is 0 Å². The summed E-state index contributed by atoms with van der Waals surface area (Å²) in [4.78, 5) is 40.6. The number of amides is 2. The first-order valence-electron chi connectivity index (χ1n) is 10.8. The maximum absolute atomic E-state index is 12.9. The number of urea groups is 1. The molecular formula is C23H28N6O3. The summed E-state index contributed by atoms with van der Waals surface area (Å²) in [7, 11) is 2.02. The van der Waals surface area contributed by atoms with E-state index in [1.165, 1.54) is 0 Å². The molecule has 2 N–H and O–H groups in total. The molecule has 3 aromatic rings. The summed E-state index contributed by atoms with van der Waals surface area (Å²) in [5, 5.41) is 3.90. The zero-order chi connectivity index (χ0) is 22.7. The standard InChI is InChI=1S/C23H28N6O3/c1-4-32-22(30)16-5-7-17(8-6-16)27-23(31)29-12-10-15(2)19(13-29)28(3)21-18-9-11-24-20(18)25-14-26-21/h5-9,11,14-15,19H,4,10,12-13H2,1-3H3,(H,27,31)(H,24,25,26). The lowest BCUT2D eigenvalue weighted by Crippen LogP contribution is -2.53. The number of ether oxygens (including phenoxy) is 1. The smallest absolute Gasteiger partial charge is 0.338 e. The molecular weight excluding hydrogens is 408 g/mol. The van der Waals surface area contributed by atoms with Gasteiger partial charge >= 0.3 is 12.0 Å². The molecule has 2 unspecified atom stereocenters. The van der Waals surface area contributed by atoms with Crippen molar-refractivity contribution in [1.82, 2.24) is 19.9 Å². The number of nitrogens with one attached hydrogen (secondary N) is 2. The van der Waals surface area contributed by atoms with Crippen molar-refractivity contribution in [3.8, 4) is 0 Å². The van der Waals surface area contributed by atoms with Crippen LogP contribution >= 0.6 is 0 Å². The Morgan fingerprint density at radius 3 is 2.78 bits per heavy atom. The highest BCUT2D eigenvalue weighted by molar-refractivity contribution is 5.92. The Bertz CT molecular complexity index is 1100. The van der Waals surface area contributed by atoms with Crippen LogP contribution in [-0.4, -0.2) is 64.6 Å². The first-order valence-corrected chi connectivity index (χ1v) is 10.8. The molecule has 0 saturated carbocycles. The summed E-state index contributed by atoms with van der Waals surface area (Å²) in [5.74, 6) is 0.879. The SMILES string of the molecule is CCOC(=O)c1ccc(NC(=O)N2CCC(C)C(N(C)c3ncnc4[nH]ccc34)C2)cc1. The van der Waals surface area contributed by atoms with Gasteiger partial charge in [-0.1, -0.05) is 6.92 Å². The molecule has 3 heterocycles. The van der Waals surface area contributed by atoms with E-state index in [4.69, 9.17) is 4.74 Å². The van der Waals surface area contributed by atoms with Crippen molar-refractivity contribution in [3.05, 3.63) is 48.4 Å². The fourth-order valence-corrected chi connectivity index (χ4v) is 4.14. The van der Waals surface area contributed by atoms with Crippen LogP contribution in [0.2, 0.25) is 0 Å². The molecule has 4 rings (SSSR count). The van der Waals surface area contributed by atoms with Gasteiger partial charge in [0.25, 0.3) is 0 Å². The summed E-state index contributed by atoms with van der Waals surface area (Å²) in [6.45, 7) is 5.56. The van der Waals surface area contributed by atoms with Crippen molar-refractivity contribution in [2.24, 2.45) is 5.92 Å². The first kappa shape index (κ1) is 21.6. The molecule has 1 fully saturated rings. The average molecular weight is 437 g/mol. The third kappa shape index (κ3) is 4.37. The molecule has 168 valence electrons. The maximum atomic E-state index is 12.9. The van der Waals surface area contributed by atoms with Crippen molar-refractivity contribution >= 4 is 34.5 Å². The quantitative estimate of drug-likeness (QED) is 0.593. The lowest BCUT2D eigenvalue weighted by molar-refractivity contribution is 0.0526. The molecule has 0 radical (unpaired) electrons. The van der Waals surface area contributed by atoms with Crippen molar-refractivity contribution in [2.45, 2.75) is 26.3 Å². The van der Waals surface area contributed by atoms with E-state index in [2.05, 4.69) is 32.1 Å². The molecule has 9 nitrogen and oxygen atoms in total. The summed E-state index contributed by atoms with van der Waals surface area (Å²) in [6, 6.07) is 8.66. The van der Waals surface area contributed by atoms with Gasteiger partial charge in [-0.15, -0.1) is 0 Å². The number of esters is 1. The number of aromatic amines is 1. The van der Waals surface area contributed by atoms with Crippen molar-refractivity contribution in [3.63, 3.8) is 0 Å². The zero-order valence-electron chi connectivity index (χ0n) is 18.5. The Balaban J connectivity index is 1.44. The van der Waals surface area contributed by atoms with Crippen LogP contribution in [0.3, 0.4) is 0 Å². The molecule has 32 heavy (non-hydrogen) atoms. The van der Waals surface area contributed by atoms with Crippen LogP contribution in [0.25, 0.3) is 11.0 Å². The molecule has 0 bridgehead atoms. The van der Waals surface area contributed by atoms with Crippen molar-refractivity contribution in [1.29, 1.82) is 0 Å². The van der Waals surface area contributed by atoms with E-state index in [9.17, 15) is 9.59 Å². The second-order valence-corrected chi connectivity index (χ2v) is 8.06. The van der Waals surface area contributed by atoms with Gasteiger partial charge in [-0.05, 0) is 49.6 Å². The molecule has 2 amide bonds. The Morgan fingerprint density at radius 2 is 2.03 bits per heavy atom. The second-order valence-electron chi connectivity index (χ2n) is 8.06. The van der Waals surface area contributed by atoms with Gasteiger partial charge in [0.1, 0.15) is 17.8 Å². The minimum absolute atomic E-state index is 0.119. The summed E-state index contributed by atoms with van der Waals surface area (Å²) < 4.78 is 5.00. The minimum Gasteiger partial charge on any atom is -0.462 e. The number of aromatic nitrogens is 3. The van der Waals surface area contributed by atoms with Gasteiger partial charge in [0.05, 0.1) is 23.6 Å². The molecule has 2 aromatic heterocycles. The summed E-state index contributed by atoms with van der Waals surface area (Å²) >= 11 is 0. The summed E-state index contributed by atoms with van der Waals surface area (Å²) in [6.07, 6.45) is 4.31. The molecule has 1 aromatic carbocycles. The number of carbonyl (C=O) groups is 2. The van der Waals surface area contributed by atoms with Gasteiger partial charge in [0.2, 0.25) is 0 Å². The van der Waals surface area contributed by atoms with Crippen molar-refractivity contribution in [2.75, 3.05) is 37.0 Å². The number of rotatable bonds is 5. The predicted molar refractivity (Wildman–Crippen MR) is 123 cm³/mol. The Morgan fingerprint density at radius 1 is 1.25 bits per heavy atom. The highest BCUT2D eigenvalue weighted by Gasteiger charge is 2.32. The largest absolute Gasteiger partial charge is 0.462 e. The number of likely N-dealkylation sites (tertiary alicyclic amines) is 1. The number of benzene rings is 1. The topological polar surface area (TPSA) is 103 Å². The monoisotopic (exact) mass is 436 g/mol. The first-order chi connectivity index (χ1) is 15.5. The van der Waals surface area contributed by atoms with Gasteiger partial charge in [-0.2, -0.15) is 0 Å². The number of hydrogen-bond donors (Lipinski definition) is 2. The maximum Gasteiger partial charge on any atom is 0.338 e. The fraction of sp³-hybridized carbons (Fsp3) is 0.391. The number of anilines is 2. The Labute approximate surface area is 186 Å². The molecule has 2 atom stereocenters. The number of carbonyl (C=O) groups excluding carboxylic acids is 2. The van der Waals surface area contributed by atoms with E-state index in [1.807, 2.05) is 24.2 Å². The third-order valence-electron chi connectivity index (χ3n) is 6.02. The Kier molecular flexibility index (Phi) is 6.25. The number of hydrogen-bond acceptors (Lipinski definition) is 6.